The SMILES string of the molecule is NCc1cnc2cnc3ccccc3n12. The van der Waals surface area contributed by atoms with Gasteiger partial charge in [0, 0.05) is 6.54 Å². The quantitative estimate of drug-likeness (QED) is 0.642. The van der Waals surface area contributed by atoms with E-state index in [1.165, 1.54) is 0 Å². The molecular formula is C11H10N4. The standard InChI is InChI=1S/C11H10N4/c12-5-8-6-14-11-7-13-9-3-1-2-4-10(9)15(8)11/h1-4,6-7H,5,12H2. The van der Waals surface area contributed by atoms with Crippen LogP contribution >= 0.6 is 0 Å². The molecule has 15 heavy (non-hydrogen) atoms. The van der Waals surface area contributed by atoms with Crippen molar-refractivity contribution < 1.29 is 0 Å². The monoisotopic (exact) mass is 198 g/mol. The Morgan fingerprint density at radius 2 is 2.00 bits per heavy atom. The fourth-order valence-corrected chi connectivity index (χ4v) is 1.81. The summed E-state index contributed by atoms with van der Waals surface area (Å²) in [7, 11) is 0. The van der Waals surface area contributed by atoms with Crippen molar-refractivity contribution in [3.63, 3.8) is 0 Å². The maximum Gasteiger partial charge on any atom is 0.156 e. The van der Waals surface area contributed by atoms with Crippen LogP contribution in [0.5, 0.6) is 0 Å². The summed E-state index contributed by atoms with van der Waals surface area (Å²) >= 11 is 0. The summed E-state index contributed by atoms with van der Waals surface area (Å²) in [6.45, 7) is 0.481. The highest BCUT2D eigenvalue weighted by atomic mass is 15.0. The number of aromatic nitrogens is 3. The van der Waals surface area contributed by atoms with E-state index >= 15 is 0 Å². The van der Waals surface area contributed by atoms with Crippen molar-refractivity contribution in [1.29, 1.82) is 0 Å². The summed E-state index contributed by atoms with van der Waals surface area (Å²) < 4.78 is 2.04. The molecule has 2 N–H and O–H groups in total. The van der Waals surface area contributed by atoms with Crippen molar-refractivity contribution in [3.8, 4) is 0 Å². The van der Waals surface area contributed by atoms with Gasteiger partial charge < -0.3 is 5.73 Å². The van der Waals surface area contributed by atoms with Crippen molar-refractivity contribution in [2.45, 2.75) is 6.54 Å². The maximum absolute atomic E-state index is 5.67. The largest absolute Gasteiger partial charge is 0.325 e. The number of imidazole rings is 1. The lowest BCUT2D eigenvalue weighted by atomic mass is 10.3. The van der Waals surface area contributed by atoms with E-state index in [4.69, 9.17) is 5.73 Å². The maximum atomic E-state index is 5.67. The molecule has 1 aromatic carbocycles. The van der Waals surface area contributed by atoms with Crippen molar-refractivity contribution in [2.24, 2.45) is 5.73 Å². The topological polar surface area (TPSA) is 56.2 Å². The highest BCUT2D eigenvalue weighted by Gasteiger charge is 2.05. The van der Waals surface area contributed by atoms with E-state index in [0.29, 0.717) is 6.54 Å². The van der Waals surface area contributed by atoms with Gasteiger partial charge in [0.1, 0.15) is 0 Å². The third-order valence-electron chi connectivity index (χ3n) is 2.51. The molecule has 0 bridgehead atoms. The number of hydrogen-bond acceptors (Lipinski definition) is 3. The molecule has 0 fully saturated rings. The van der Waals surface area contributed by atoms with E-state index < -0.39 is 0 Å². The van der Waals surface area contributed by atoms with Crippen molar-refractivity contribution in [3.05, 3.63) is 42.4 Å². The summed E-state index contributed by atoms with van der Waals surface area (Å²) in [5.74, 6) is 0. The highest BCUT2D eigenvalue weighted by molar-refractivity contribution is 5.77. The molecule has 0 aliphatic heterocycles. The van der Waals surface area contributed by atoms with Crippen molar-refractivity contribution in [1.82, 2.24) is 14.4 Å². The summed E-state index contributed by atoms with van der Waals surface area (Å²) in [4.78, 5) is 8.59. The normalized spacial score (nSPS) is 11.3. The fraction of sp³-hybridized carbons (Fsp3) is 0.0909. The zero-order chi connectivity index (χ0) is 10.3. The Bertz CT molecular complexity index is 627. The molecule has 0 radical (unpaired) electrons. The van der Waals surface area contributed by atoms with E-state index in [-0.39, 0.29) is 0 Å². The Labute approximate surface area is 86.4 Å². The Kier molecular flexibility index (Phi) is 1.69. The number of benzene rings is 1. The van der Waals surface area contributed by atoms with Gasteiger partial charge in [0.2, 0.25) is 0 Å². The van der Waals surface area contributed by atoms with Gasteiger partial charge in [-0.25, -0.2) is 4.98 Å². The third kappa shape index (κ3) is 1.12. The average molecular weight is 198 g/mol. The fourth-order valence-electron chi connectivity index (χ4n) is 1.81. The number of para-hydroxylation sites is 2. The molecule has 74 valence electrons. The van der Waals surface area contributed by atoms with Gasteiger partial charge in [-0.3, -0.25) is 9.38 Å². The lowest BCUT2D eigenvalue weighted by molar-refractivity contribution is 0.976. The lowest BCUT2D eigenvalue weighted by Crippen LogP contribution is -2.01. The predicted octanol–water partition coefficient (Wildman–Crippen LogP) is 1.34. The molecule has 0 aliphatic carbocycles. The Morgan fingerprint density at radius 3 is 2.87 bits per heavy atom. The van der Waals surface area contributed by atoms with Gasteiger partial charge in [0.05, 0.1) is 29.1 Å². The molecule has 2 aromatic heterocycles. The van der Waals surface area contributed by atoms with E-state index in [1.807, 2.05) is 28.7 Å². The van der Waals surface area contributed by atoms with Crippen LogP contribution in [0.4, 0.5) is 0 Å². The minimum Gasteiger partial charge on any atom is -0.325 e. The highest BCUT2D eigenvalue weighted by Crippen LogP contribution is 2.15. The average Bonchev–Trinajstić information content (AvgIpc) is 2.72. The molecule has 3 aromatic rings. The molecule has 0 saturated heterocycles. The number of fused-ring (bicyclic) bond motifs is 3. The molecule has 0 unspecified atom stereocenters. The van der Waals surface area contributed by atoms with Crippen LogP contribution in [0.25, 0.3) is 16.7 Å². The number of nitrogens with zero attached hydrogens (tertiary/aromatic N) is 3. The second kappa shape index (κ2) is 3.03. The number of nitrogens with two attached hydrogens (primary N) is 1. The summed E-state index contributed by atoms with van der Waals surface area (Å²) in [6.07, 6.45) is 3.56. The summed E-state index contributed by atoms with van der Waals surface area (Å²) in [5.41, 5.74) is 9.52. The van der Waals surface area contributed by atoms with Gasteiger partial charge in [0.15, 0.2) is 5.65 Å². The minimum absolute atomic E-state index is 0.481. The van der Waals surface area contributed by atoms with Gasteiger partial charge in [-0.15, -0.1) is 0 Å². The second-order valence-electron chi connectivity index (χ2n) is 3.39. The molecule has 0 atom stereocenters. The predicted molar refractivity (Wildman–Crippen MR) is 58.4 cm³/mol. The van der Waals surface area contributed by atoms with Crippen LogP contribution in [0.3, 0.4) is 0 Å². The van der Waals surface area contributed by atoms with E-state index in [9.17, 15) is 0 Å². The van der Waals surface area contributed by atoms with Crippen LogP contribution in [0.1, 0.15) is 5.69 Å². The lowest BCUT2D eigenvalue weighted by Gasteiger charge is -2.03. The molecular weight excluding hydrogens is 188 g/mol. The van der Waals surface area contributed by atoms with Gasteiger partial charge >= 0.3 is 0 Å². The van der Waals surface area contributed by atoms with Gasteiger partial charge in [-0.2, -0.15) is 0 Å². The van der Waals surface area contributed by atoms with Gasteiger partial charge in [0.25, 0.3) is 0 Å². The molecule has 0 saturated carbocycles. The molecule has 2 heterocycles. The molecule has 4 heteroatoms. The Morgan fingerprint density at radius 1 is 1.13 bits per heavy atom. The van der Waals surface area contributed by atoms with Crippen LogP contribution in [0.2, 0.25) is 0 Å². The molecule has 3 rings (SSSR count). The molecule has 0 amide bonds. The van der Waals surface area contributed by atoms with Crippen molar-refractivity contribution in [2.75, 3.05) is 0 Å². The minimum atomic E-state index is 0.481. The van der Waals surface area contributed by atoms with Crippen LogP contribution in [0.15, 0.2) is 36.7 Å². The van der Waals surface area contributed by atoms with E-state index in [0.717, 1.165) is 22.4 Å². The first kappa shape index (κ1) is 8.38. The molecule has 0 spiro atoms. The molecule has 0 aliphatic rings. The first-order chi connectivity index (χ1) is 7.40. The van der Waals surface area contributed by atoms with E-state index in [1.54, 1.807) is 12.4 Å². The van der Waals surface area contributed by atoms with E-state index in [2.05, 4.69) is 9.97 Å². The number of hydrogen-bond donors (Lipinski definition) is 1. The Balaban J connectivity index is 2.56. The summed E-state index contributed by atoms with van der Waals surface area (Å²) in [5, 5.41) is 0. The van der Waals surface area contributed by atoms with Gasteiger partial charge in [-0.05, 0) is 12.1 Å². The first-order valence-electron chi connectivity index (χ1n) is 4.80. The first-order valence-corrected chi connectivity index (χ1v) is 4.80. The second-order valence-corrected chi connectivity index (χ2v) is 3.39. The van der Waals surface area contributed by atoms with Crippen LogP contribution in [-0.2, 0) is 6.54 Å². The van der Waals surface area contributed by atoms with Crippen LogP contribution in [0, 0.1) is 0 Å². The third-order valence-corrected chi connectivity index (χ3v) is 2.51. The smallest absolute Gasteiger partial charge is 0.156 e. The van der Waals surface area contributed by atoms with Crippen molar-refractivity contribution >= 4 is 16.7 Å². The Hall–Kier alpha value is -1.94. The van der Waals surface area contributed by atoms with Crippen LogP contribution < -0.4 is 5.73 Å². The zero-order valence-corrected chi connectivity index (χ0v) is 8.09. The molecule has 4 nitrogen and oxygen atoms in total. The summed E-state index contributed by atoms with van der Waals surface area (Å²) in [6, 6.07) is 7.97. The van der Waals surface area contributed by atoms with Crippen LogP contribution in [-0.4, -0.2) is 14.4 Å². The number of rotatable bonds is 1. The zero-order valence-electron chi connectivity index (χ0n) is 8.09. The van der Waals surface area contributed by atoms with Gasteiger partial charge in [-0.1, -0.05) is 12.1 Å².